The Hall–Kier alpha value is -3.43. The predicted octanol–water partition coefficient (Wildman–Crippen LogP) is 7.28. The minimum absolute atomic E-state index is 0.0369. The van der Waals surface area contributed by atoms with Gasteiger partial charge in [0, 0.05) is 18.5 Å². The van der Waals surface area contributed by atoms with Crippen LogP contribution in [0.25, 0.3) is 11.0 Å². The van der Waals surface area contributed by atoms with Gasteiger partial charge < -0.3 is 20.4 Å². The van der Waals surface area contributed by atoms with E-state index in [1.807, 2.05) is 13.8 Å². The molecule has 0 unspecified atom stereocenters. The third-order valence-electron chi connectivity index (χ3n) is 6.03. The van der Waals surface area contributed by atoms with E-state index in [9.17, 15) is 18.0 Å². The number of aromatic amines is 1. The van der Waals surface area contributed by atoms with Crippen LogP contribution in [0, 0.1) is 0 Å². The number of H-pyrrole nitrogens is 1. The number of anilines is 2. The number of alkyl halides is 3. The molecule has 0 saturated carbocycles. The van der Waals surface area contributed by atoms with Gasteiger partial charge in [0.15, 0.2) is 0 Å². The lowest BCUT2D eigenvalue weighted by Crippen LogP contribution is -2.27. The summed E-state index contributed by atoms with van der Waals surface area (Å²) in [6.45, 7) is 3.47. The Morgan fingerprint density at radius 2 is 1.84 bits per heavy atom. The van der Waals surface area contributed by atoms with Crippen molar-refractivity contribution in [3.8, 4) is 5.75 Å². The first kappa shape index (κ1) is 25.2. The van der Waals surface area contributed by atoms with Gasteiger partial charge in [-0.3, -0.25) is 4.79 Å². The molecule has 1 aliphatic heterocycles. The summed E-state index contributed by atoms with van der Waals surface area (Å²) in [5, 5.41) is 6.49. The number of fused-ring (bicyclic) bond motifs is 3. The highest BCUT2D eigenvalue weighted by Crippen LogP contribution is 2.43. The number of benzene rings is 3. The molecule has 2 heterocycles. The van der Waals surface area contributed by atoms with Gasteiger partial charge in [-0.15, -0.1) is 0 Å². The fourth-order valence-electron chi connectivity index (χ4n) is 4.41. The smallest absolute Gasteiger partial charge is 0.416 e. The molecule has 3 N–H and O–H groups in total. The van der Waals surface area contributed by atoms with Crippen LogP contribution in [0.2, 0.25) is 10.0 Å². The zero-order valence-corrected chi connectivity index (χ0v) is 21.2. The van der Waals surface area contributed by atoms with Crippen molar-refractivity contribution in [2.24, 2.45) is 0 Å². The minimum Gasteiger partial charge on any atom is -0.486 e. The number of carbonyl (C=O) groups excluding carboxylic acids is 1. The zero-order chi connectivity index (χ0) is 26.5. The van der Waals surface area contributed by atoms with Crippen LogP contribution in [0.15, 0.2) is 48.5 Å². The van der Waals surface area contributed by atoms with Crippen LogP contribution in [0.5, 0.6) is 5.75 Å². The first-order valence-electron chi connectivity index (χ1n) is 11.3. The normalized spacial score (nSPS) is 14.4. The molecule has 1 amide bonds. The summed E-state index contributed by atoms with van der Waals surface area (Å²) in [5.41, 5.74) is 1.12. The van der Waals surface area contributed by atoms with Gasteiger partial charge >= 0.3 is 6.18 Å². The number of para-hydroxylation sites is 1. The Labute approximate surface area is 220 Å². The van der Waals surface area contributed by atoms with Gasteiger partial charge in [0.25, 0.3) is 5.91 Å². The average molecular weight is 549 g/mol. The third-order valence-corrected chi connectivity index (χ3v) is 6.66. The van der Waals surface area contributed by atoms with E-state index in [1.165, 1.54) is 18.2 Å². The Morgan fingerprint density at radius 3 is 2.54 bits per heavy atom. The van der Waals surface area contributed by atoms with Crippen molar-refractivity contribution in [3.05, 3.63) is 80.8 Å². The highest BCUT2D eigenvalue weighted by atomic mass is 35.5. The first-order chi connectivity index (χ1) is 17.4. The molecule has 3 aromatic carbocycles. The van der Waals surface area contributed by atoms with Gasteiger partial charge in [0.1, 0.15) is 11.4 Å². The third kappa shape index (κ3) is 4.93. The number of nitrogens with zero attached hydrogens (tertiary/aromatic N) is 1. The van der Waals surface area contributed by atoms with Crippen molar-refractivity contribution in [2.45, 2.75) is 38.6 Å². The second-order valence-electron chi connectivity index (χ2n) is 9.31. The summed E-state index contributed by atoms with van der Waals surface area (Å²) in [5.74, 6) is 0.151. The van der Waals surface area contributed by atoms with Crippen molar-refractivity contribution in [1.29, 1.82) is 0 Å². The fraction of sp³-hybridized carbons (Fsp3) is 0.231. The molecule has 1 aromatic heterocycles. The number of rotatable bonds is 5. The molecule has 0 aliphatic carbocycles. The summed E-state index contributed by atoms with van der Waals surface area (Å²) >= 11 is 12.5. The van der Waals surface area contributed by atoms with Crippen molar-refractivity contribution in [2.75, 3.05) is 5.32 Å². The number of hydrogen-bond acceptors (Lipinski definition) is 4. The van der Waals surface area contributed by atoms with Gasteiger partial charge in [0.05, 0.1) is 37.9 Å². The lowest BCUT2D eigenvalue weighted by molar-refractivity contribution is -0.138. The lowest BCUT2D eigenvalue weighted by Gasteiger charge is -2.18. The fourth-order valence-corrected chi connectivity index (χ4v) is 4.90. The van der Waals surface area contributed by atoms with E-state index in [2.05, 4.69) is 20.6 Å². The van der Waals surface area contributed by atoms with Crippen LogP contribution in [0.4, 0.5) is 24.8 Å². The average Bonchev–Trinajstić information content (AvgIpc) is 3.38. The maximum atomic E-state index is 13.4. The van der Waals surface area contributed by atoms with Crippen LogP contribution < -0.4 is 15.4 Å². The second kappa shape index (κ2) is 9.15. The molecule has 1 aliphatic rings. The highest BCUT2D eigenvalue weighted by Gasteiger charge is 2.37. The molecule has 0 fully saturated rings. The number of imidazole rings is 1. The monoisotopic (exact) mass is 548 g/mol. The second-order valence-corrected chi connectivity index (χ2v) is 10.1. The van der Waals surface area contributed by atoms with Gasteiger partial charge in [0.2, 0.25) is 5.95 Å². The number of carbonyl (C=O) groups is 1. The van der Waals surface area contributed by atoms with Crippen molar-refractivity contribution in [1.82, 2.24) is 15.3 Å². The topological polar surface area (TPSA) is 79.0 Å². The van der Waals surface area contributed by atoms with Crippen molar-refractivity contribution < 1.29 is 22.7 Å². The molecule has 0 bridgehead atoms. The lowest BCUT2D eigenvalue weighted by atomic mass is 9.98. The number of nitrogens with one attached hydrogen (secondary N) is 3. The Kier molecular flexibility index (Phi) is 6.24. The molecule has 11 heteroatoms. The molecule has 0 saturated heterocycles. The van der Waals surface area contributed by atoms with E-state index in [0.717, 1.165) is 11.6 Å². The summed E-state index contributed by atoms with van der Waals surface area (Å²) < 4.78 is 46.2. The number of halogens is 5. The number of hydrogen-bond donors (Lipinski definition) is 3. The minimum atomic E-state index is -4.53. The molecule has 6 nitrogen and oxygen atoms in total. The molecule has 37 heavy (non-hydrogen) atoms. The zero-order valence-electron chi connectivity index (χ0n) is 19.7. The molecule has 0 radical (unpaired) electrons. The molecule has 5 rings (SSSR count). The van der Waals surface area contributed by atoms with Crippen LogP contribution >= 0.6 is 23.2 Å². The van der Waals surface area contributed by atoms with E-state index < -0.39 is 23.2 Å². The Morgan fingerprint density at radius 1 is 1.14 bits per heavy atom. The van der Waals surface area contributed by atoms with Crippen molar-refractivity contribution >= 4 is 51.8 Å². The Bertz CT molecular complexity index is 1510. The Balaban J connectivity index is 1.50. The maximum absolute atomic E-state index is 13.4. The summed E-state index contributed by atoms with van der Waals surface area (Å²) in [6, 6.07) is 11.8. The predicted molar refractivity (Wildman–Crippen MR) is 137 cm³/mol. The van der Waals surface area contributed by atoms with Crippen LogP contribution in [-0.2, 0) is 19.1 Å². The maximum Gasteiger partial charge on any atom is 0.416 e. The molecule has 0 spiro atoms. The van der Waals surface area contributed by atoms with Crippen molar-refractivity contribution in [3.63, 3.8) is 0 Å². The van der Waals surface area contributed by atoms with Gasteiger partial charge in [-0.05, 0) is 43.7 Å². The van der Waals surface area contributed by atoms with Crippen LogP contribution in [-0.4, -0.2) is 21.5 Å². The highest BCUT2D eigenvalue weighted by molar-refractivity contribution is 6.39. The van der Waals surface area contributed by atoms with Gasteiger partial charge in [-0.25, -0.2) is 4.98 Å². The number of aromatic nitrogens is 2. The van der Waals surface area contributed by atoms with Crippen LogP contribution in [0.1, 0.15) is 40.9 Å². The molecule has 4 aromatic rings. The largest absolute Gasteiger partial charge is 0.486 e. The van der Waals surface area contributed by atoms with E-state index >= 15 is 0 Å². The van der Waals surface area contributed by atoms with E-state index in [1.54, 1.807) is 24.3 Å². The van der Waals surface area contributed by atoms with E-state index in [4.69, 9.17) is 27.9 Å². The number of amides is 1. The molecule has 192 valence electrons. The summed E-state index contributed by atoms with van der Waals surface area (Å²) in [7, 11) is 0. The van der Waals surface area contributed by atoms with Crippen LogP contribution in [0.3, 0.4) is 0 Å². The van der Waals surface area contributed by atoms with E-state index in [0.29, 0.717) is 44.9 Å². The standard InChI is InChI=1S/C26H21Cl2F3N4O2/c1-25(2)11-15-20-19(33-24(34-20)35-21-17(27)8-5-9-18(21)28)10-14(22(15)37-25)23(36)32-12-13-6-3-4-7-16(13)26(29,30)31/h3-10H,11-12H2,1-2H3,(H,32,36)(H2,33,34,35). The van der Waals surface area contributed by atoms with Gasteiger partial charge in [-0.1, -0.05) is 47.5 Å². The number of ether oxygens (including phenoxy) is 1. The molecular weight excluding hydrogens is 528 g/mol. The first-order valence-corrected chi connectivity index (χ1v) is 12.1. The molecular formula is C26H21Cl2F3N4O2. The molecule has 0 atom stereocenters. The SMILES string of the molecule is CC1(C)Cc2c(c(C(=O)NCc3ccccc3C(F)(F)F)cc3nc(Nc4c(Cl)cccc4Cl)[nH]c23)O1. The summed E-state index contributed by atoms with van der Waals surface area (Å²) in [4.78, 5) is 21.0. The van der Waals surface area contributed by atoms with E-state index in [-0.39, 0.29) is 17.7 Å². The quantitative estimate of drug-likeness (QED) is 0.245. The summed E-state index contributed by atoms with van der Waals surface area (Å²) in [6.07, 6.45) is -4.04. The van der Waals surface area contributed by atoms with Gasteiger partial charge in [-0.2, -0.15) is 13.2 Å².